The van der Waals surface area contributed by atoms with Crippen molar-refractivity contribution in [3.05, 3.63) is 0 Å². The van der Waals surface area contributed by atoms with Gasteiger partial charge in [-0.3, -0.25) is 9.59 Å². The minimum atomic E-state index is -1.16. The number of aliphatic hydroxyl groups is 1. The van der Waals surface area contributed by atoms with Crippen LogP contribution >= 0.6 is 0 Å². The molecule has 0 aromatic heterocycles. The topological polar surface area (TPSA) is 168 Å². The van der Waals surface area contributed by atoms with E-state index in [-0.39, 0.29) is 6.42 Å². The Kier molecular flexibility index (Phi) is 9.31. The number of rotatable bonds is 10. The smallest absolute Gasteiger partial charge is 0.326 e. The fourth-order valence-electron chi connectivity index (χ4n) is 1.64. The minimum Gasteiger partial charge on any atom is -0.480 e. The summed E-state index contributed by atoms with van der Waals surface area (Å²) in [5.41, 5.74) is 10.8. The second-order valence-corrected chi connectivity index (χ2v) is 5.18. The number of nitrogens with two attached hydrogens (primary N) is 2. The third kappa shape index (κ3) is 7.34. The Morgan fingerprint density at radius 1 is 1.09 bits per heavy atom. The fourth-order valence-corrected chi connectivity index (χ4v) is 1.64. The number of unbranched alkanes of at least 4 members (excludes halogenated alkanes) is 1. The Balaban J connectivity index is 4.47. The predicted octanol–water partition coefficient (Wildman–Crippen LogP) is -2.10. The van der Waals surface area contributed by atoms with E-state index < -0.39 is 42.0 Å². The van der Waals surface area contributed by atoms with Gasteiger partial charge < -0.3 is 32.3 Å². The first-order chi connectivity index (χ1) is 10.2. The van der Waals surface area contributed by atoms with Gasteiger partial charge in [0.15, 0.2) is 0 Å². The molecule has 0 aromatic rings. The molecule has 0 aliphatic rings. The van der Waals surface area contributed by atoms with Gasteiger partial charge in [-0.1, -0.05) is 0 Å². The SMILES string of the molecule is CC(NC(=O)C(N)C(C)O)C(=O)NC(CCCCN)C(=O)O. The van der Waals surface area contributed by atoms with Gasteiger partial charge in [-0.25, -0.2) is 4.79 Å². The Hall–Kier alpha value is -1.71. The van der Waals surface area contributed by atoms with Crippen LogP contribution in [0.4, 0.5) is 0 Å². The van der Waals surface area contributed by atoms with E-state index in [4.69, 9.17) is 16.6 Å². The van der Waals surface area contributed by atoms with Crippen LogP contribution in [0, 0.1) is 0 Å². The van der Waals surface area contributed by atoms with Gasteiger partial charge in [0.2, 0.25) is 11.8 Å². The van der Waals surface area contributed by atoms with E-state index in [2.05, 4.69) is 10.6 Å². The molecule has 0 saturated heterocycles. The van der Waals surface area contributed by atoms with Crippen molar-refractivity contribution in [2.45, 2.75) is 57.3 Å². The van der Waals surface area contributed by atoms with Crippen LogP contribution in [0.2, 0.25) is 0 Å². The summed E-state index contributed by atoms with van der Waals surface area (Å²) in [4.78, 5) is 34.6. The zero-order chi connectivity index (χ0) is 17.3. The quantitative estimate of drug-likeness (QED) is 0.251. The van der Waals surface area contributed by atoms with Crippen molar-refractivity contribution in [1.29, 1.82) is 0 Å². The second-order valence-electron chi connectivity index (χ2n) is 5.18. The van der Waals surface area contributed by atoms with Gasteiger partial charge in [0.05, 0.1) is 6.10 Å². The molecule has 0 spiro atoms. The molecule has 0 heterocycles. The summed E-state index contributed by atoms with van der Waals surface area (Å²) in [7, 11) is 0. The number of hydrogen-bond donors (Lipinski definition) is 6. The molecule has 0 radical (unpaired) electrons. The summed E-state index contributed by atoms with van der Waals surface area (Å²) in [6.07, 6.45) is 0.432. The third-order valence-electron chi connectivity index (χ3n) is 3.14. The standard InChI is InChI=1S/C13H26N4O5/c1-7(16-12(20)10(15)8(2)18)11(19)17-9(13(21)22)5-3-4-6-14/h7-10,18H,3-6,14-15H2,1-2H3,(H,16,20)(H,17,19)(H,21,22). The summed E-state index contributed by atoms with van der Waals surface area (Å²) >= 11 is 0. The lowest BCUT2D eigenvalue weighted by Gasteiger charge is -2.21. The number of amides is 2. The highest BCUT2D eigenvalue weighted by molar-refractivity contribution is 5.91. The van der Waals surface area contributed by atoms with Crippen molar-refractivity contribution in [3.63, 3.8) is 0 Å². The van der Waals surface area contributed by atoms with Crippen LogP contribution in [0.3, 0.4) is 0 Å². The van der Waals surface area contributed by atoms with Crippen molar-refractivity contribution in [1.82, 2.24) is 10.6 Å². The molecule has 9 nitrogen and oxygen atoms in total. The van der Waals surface area contributed by atoms with Gasteiger partial charge in [0, 0.05) is 0 Å². The first kappa shape index (κ1) is 20.3. The number of carbonyl (C=O) groups is 3. The average Bonchev–Trinajstić information content (AvgIpc) is 2.44. The molecule has 0 aliphatic carbocycles. The molecule has 8 N–H and O–H groups in total. The lowest BCUT2D eigenvalue weighted by atomic mass is 10.1. The van der Waals surface area contributed by atoms with Gasteiger partial charge >= 0.3 is 5.97 Å². The van der Waals surface area contributed by atoms with Gasteiger partial charge in [-0.15, -0.1) is 0 Å². The van der Waals surface area contributed by atoms with Gasteiger partial charge in [-0.2, -0.15) is 0 Å². The van der Waals surface area contributed by atoms with E-state index in [0.717, 1.165) is 0 Å². The number of carboxylic acids is 1. The van der Waals surface area contributed by atoms with Crippen LogP contribution in [0.15, 0.2) is 0 Å². The number of aliphatic carboxylic acids is 1. The largest absolute Gasteiger partial charge is 0.480 e. The summed E-state index contributed by atoms with van der Waals surface area (Å²) in [5.74, 6) is -2.47. The first-order valence-corrected chi connectivity index (χ1v) is 7.18. The van der Waals surface area contributed by atoms with Crippen LogP contribution in [-0.2, 0) is 14.4 Å². The van der Waals surface area contributed by atoms with Crippen molar-refractivity contribution >= 4 is 17.8 Å². The molecule has 0 rings (SSSR count). The fraction of sp³-hybridized carbons (Fsp3) is 0.769. The van der Waals surface area contributed by atoms with Crippen molar-refractivity contribution in [2.75, 3.05) is 6.54 Å². The maximum atomic E-state index is 11.9. The summed E-state index contributed by atoms with van der Waals surface area (Å²) in [5, 5.41) is 22.9. The summed E-state index contributed by atoms with van der Waals surface area (Å²) < 4.78 is 0. The van der Waals surface area contributed by atoms with Crippen molar-refractivity contribution < 1.29 is 24.6 Å². The first-order valence-electron chi connectivity index (χ1n) is 7.18. The monoisotopic (exact) mass is 318 g/mol. The van der Waals surface area contributed by atoms with Crippen LogP contribution in [-0.4, -0.2) is 58.8 Å². The maximum Gasteiger partial charge on any atom is 0.326 e. The zero-order valence-electron chi connectivity index (χ0n) is 12.9. The highest BCUT2D eigenvalue weighted by atomic mass is 16.4. The van der Waals surface area contributed by atoms with Crippen LogP contribution in [0.25, 0.3) is 0 Å². The molecule has 0 aliphatic heterocycles. The molecule has 128 valence electrons. The average molecular weight is 318 g/mol. The molecule has 2 amide bonds. The van der Waals surface area contributed by atoms with Crippen molar-refractivity contribution in [2.24, 2.45) is 11.5 Å². The highest BCUT2D eigenvalue weighted by Crippen LogP contribution is 2.01. The maximum absolute atomic E-state index is 11.9. The van der Waals surface area contributed by atoms with Gasteiger partial charge in [0.1, 0.15) is 18.1 Å². The summed E-state index contributed by atoms with van der Waals surface area (Å²) in [6, 6.07) is -3.16. The Labute approximate surface area is 129 Å². The molecule has 0 saturated carbocycles. The van der Waals surface area contributed by atoms with E-state index in [0.29, 0.717) is 19.4 Å². The number of carboxylic acid groups (broad SMARTS) is 1. The summed E-state index contributed by atoms with van der Waals surface area (Å²) in [6.45, 7) is 3.21. The molecule has 4 unspecified atom stereocenters. The van der Waals surface area contributed by atoms with E-state index >= 15 is 0 Å². The van der Waals surface area contributed by atoms with E-state index in [9.17, 15) is 19.5 Å². The van der Waals surface area contributed by atoms with Crippen LogP contribution in [0.5, 0.6) is 0 Å². The predicted molar refractivity (Wildman–Crippen MR) is 79.7 cm³/mol. The Bertz CT molecular complexity index is 389. The normalized spacial score (nSPS) is 16.2. The highest BCUT2D eigenvalue weighted by Gasteiger charge is 2.26. The van der Waals surface area contributed by atoms with E-state index in [1.54, 1.807) is 0 Å². The second kappa shape index (κ2) is 10.1. The molecule has 0 bridgehead atoms. The molecule has 0 fully saturated rings. The lowest BCUT2D eigenvalue weighted by molar-refractivity contribution is -0.142. The molecule has 4 atom stereocenters. The van der Waals surface area contributed by atoms with E-state index in [1.165, 1.54) is 13.8 Å². The van der Waals surface area contributed by atoms with Gasteiger partial charge in [0.25, 0.3) is 0 Å². The molecule has 0 aromatic carbocycles. The number of hydrogen-bond acceptors (Lipinski definition) is 6. The van der Waals surface area contributed by atoms with Crippen molar-refractivity contribution in [3.8, 4) is 0 Å². The Morgan fingerprint density at radius 3 is 2.14 bits per heavy atom. The molecular formula is C13H26N4O5. The zero-order valence-corrected chi connectivity index (χ0v) is 12.9. The Morgan fingerprint density at radius 2 is 1.68 bits per heavy atom. The number of nitrogens with one attached hydrogen (secondary N) is 2. The number of carbonyl (C=O) groups excluding carboxylic acids is 2. The van der Waals surface area contributed by atoms with Crippen LogP contribution in [0.1, 0.15) is 33.1 Å². The minimum absolute atomic E-state index is 0.256. The van der Waals surface area contributed by atoms with Crippen LogP contribution < -0.4 is 22.1 Å². The lowest BCUT2D eigenvalue weighted by Crippen LogP contribution is -2.55. The third-order valence-corrected chi connectivity index (χ3v) is 3.14. The molecular weight excluding hydrogens is 292 g/mol. The molecule has 9 heteroatoms. The van der Waals surface area contributed by atoms with Gasteiger partial charge in [-0.05, 0) is 39.7 Å². The van der Waals surface area contributed by atoms with E-state index in [1.807, 2.05) is 0 Å². The number of aliphatic hydroxyl groups excluding tert-OH is 1. The molecule has 22 heavy (non-hydrogen) atoms.